The fraction of sp³-hybridized carbons (Fsp3) is 0.667. The Bertz CT molecular complexity index is 323. The van der Waals surface area contributed by atoms with Crippen molar-refractivity contribution in [2.45, 2.75) is 38.1 Å². The normalized spacial score (nSPS) is 16.8. The Labute approximate surface area is 101 Å². The summed E-state index contributed by atoms with van der Waals surface area (Å²) in [4.78, 5) is 8.39. The Balaban J connectivity index is 1.84. The highest BCUT2D eigenvalue weighted by Crippen LogP contribution is 2.20. The van der Waals surface area contributed by atoms with Gasteiger partial charge in [-0.15, -0.1) is 0 Å². The first-order chi connectivity index (χ1) is 8.38. The highest BCUT2D eigenvalue weighted by Gasteiger charge is 2.13. The molecule has 0 aromatic carbocycles. The molecule has 1 aliphatic carbocycles. The largest absolute Gasteiger partial charge is 0.488 e. The van der Waals surface area contributed by atoms with Gasteiger partial charge in [-0.1, -0.05) is 19.3 Å². The van der Waals surface area contributed by atoms with Gasteiger partial charge in [0.2, 0.25) is 5.95 Å². The van der Waals surface area contributed by atoms with Gasteiger partial charge in [0.05, 0.1) is 19.0 Å². The lowest BCUT2D eigenvalue weighted by atomic mass is 9.96. The third-order valence-electron chi connectivity index (χ3n) is 2.93. The number of hydrogen-bond donors (Lipinski definition) is 2. The predicted molar refractivity (Wildman–Crippen MR) is 65.1 cm³/mol. The molecule has 1 aromatic rings. The van der Waals surface area contributed by atoms with Crippen molar-refractivity contribution in [2.75, 3.05) is 18.5 Å². The number of rotatable bonds is 5. The van der Waals surface area contributed by atoms with Crippen LogP contribution in [-0.4, -0.2) is 34.3 Å². The molecule has 1 heterocycles. The molecule has 5 heteroatoms. The van der Waals surface area contributed by atoms with E-state index in [2.05, 4.69) is 15.3 Å². The van der Waals surface area contributed by atoms with Crippen molar-refractivity contribution in [3.63, 3.8) is 0 Å². The lowest BCUT2D eigenvalue weighted by Crippen LogP contribution is -2.23. The van der Waals surface area contributed by atoms with Crippen LogP contribution in [0, 0.1) is 0 Å². The fourth-order valence-electron chi connectivity index (χ4n) is 2.06. The second kappa shape index (κ2) is 6.39. The number of ether oxygens (including phenoxy) is 1. The Hall–Kier alpha value is -1.36. The zero-order valence-corrected chi connectivity index (χ0v) is 9.93. The first kappa shape index (κ1) is 12.1. The molecule has 1 fully saturated rings. The molecule has 1 aliphatic rings. The van der Waals surface area contributed by atoms with Gasteiger partial charge in [-0.25, -0.2) is 9.97 Å². The van der Waals surface area contributed by atoms with Crippen LogP contribution in [0.3, 0.4) is 0 Å². The maximum absolute atomic E-state index is 8.62. The van der Waals surface area contributed by atoms with Crippen molar-refractivity contribution in [1.82, 2.24) is 9.97 Å². The molecular formula is C12H19N3O2. The standard InChI is InChI=1S/C12H19N3O2/c16-6-7-17-11-8-13-12(14-9-11)15-10-4-2-1-3-5-10/h8-10,16H,1-7H2,(H,13,14,15). The lowest BCUT2D eigenvalue weighted by molar-refractivity contribution is 0.200. The average Bonchev–Trinajstić information content (AvgIpc) is 2.39. The molecular weight excluding hydrogens is 218 g/mol. The number of nitrogens with one attached hydrogen (secondary N) is 1. The van der Waals surface area contributed by atoms with E-state index in [4.69, 9.17) is 9.84 Å². The minimum absolute atomic E-state index is 0.00206. The molecule has 0 unspecified atom stereocenters. The van der Waals surface area contributed by atoms with Crippen LogP contribution in [0.1, 0.15) is 32.1 Å². The summed E-state index contributed by atoms with van der Waals surface area (Å²) >= 11 is 0. The van der Waals surface area contributed by atoms with Gasteiger partial charge < -0.3 is 15.2 Å². The first-order valence-electron chi connectivity index (χ1n) is 6.21. The Kier molecular flexibility index (Phi) is 4.55. The molecule has 0 saturated heterocycles. The zero-order valence-electron chi connectivity index (χ0n) is 9.93. The lowest BCUT2D eigenvalue weighted by Gasteiger charge is -2.22. The van der Waals surface area contributed by atoms with Crippen molar-refractivity contribution in [1.29, 1.82) is 0 Å². The van der Waals surface area contributed by atoms with Gasteiger partial charge in [0.1, 0.15) is 6.61 Å². The van der Waals surface area contributed by atoms with E-state index in [0.717, 1.165) is 0 Å². The van der Waals surface area contributed by atoms with E-state index in [-0.39, 0.29) is 13.2 Å². The van der Waals surface area contributed by atoms with Crippen molar-refractivity contribution >= 4 is 5.95 Å². The molecule has 0 spiro atoms. The number of aliphatic hydroxyl groups excluding tert-OH is 1. The molecule has 94 valence electrons. The van der Waals surface area contributed by atoms with Crippen LogP contribution in [0.5, 0.6) is 5.75 Å². The van der Waals surface area contributed by atoms with Gasteiger partial charge in [-0.3, -0.25) is 0 Å². The van der Waals surface area contributed by atoms with E-state index < -0.39 is 0 Å². The molecule has 2 N–H and O–H groups in total. The van der Waals surface area contributed by atoms with Crippen molar-refractivity contribution < 1.29 is 9.84 Å². The summed E-state index contributed by atoms with van der Waals surface area (Å²) in [5.41, 5.74) is 0. The number of aromatic nitrogens is 2. The zero-order chi connectivity index (χ0) is 11.9. The second-order valence-corrected chi connectivity index (χ2v) is 4.29. The van der Waals surface area contributed by atoms with E-state index >= 15 is 0 Å². The molecule has 2 rings (SSSR count). The van der Waals surface area contributed by atoms with Gasteiger partial charge >= 0.3 is 0 Å². The number of aliphatic hydroxyl groups is 1. The van der Waals surface area contributed by atoms with Crippen LogP contribution >= 0.6 is 0 Å². The molecule has 1 saturated carbocycles. The van der Waals surface area contributed by atoms with Crippen LogP contribution < -0.4 is 10.1 Å². The third-order valence-corrected chi connectivity index (χ3v) is 2.93. The number of anilines is 1. The minimum Gasteiger partial charge on any atom is -0.488 e. The van der Waals surface area contributed by atoms with E-state index in [1.807, 2.05) is 0 Å². The Morgan fingerprint density at radius 2 is 1.94 bits per heavy atom. The highest BCUT2D eigenvalue weighted by atomic mass is 16.5. The maximum atomic E-state index is 8.62. The van der Waals surface area contributed by atoms with E-state index in [0.29, 0.717) is 17.7 Å². The Morgan fingerprint density at radius 3 is 2.59 bits per heavy atom. The molecule has 0 radical (unpaired) electrons. The quantitative estimate of drug-likeness (QED) is 0.814. The van der Waals surface area contributed by atoms with E-state index in [9.17, 15) is 0 Å². The molecule has 1 aromatic heterocycles. The molecule has 0 aliphatic heterocycles. The van der Waals surface area contributed by atoms with Crippen LogP contribution in [-0.2, 0) is 0 Å². The summed E-state index contributed by atoms with van der Waals surface area (Å²) in [5, 5.41) is 12.0. The van der Waals surface area contributed by atoms with Crippen LogP contribution in [0.25, 0.3) is 0 Å². The van der Waals surface area contributed by atoms with Gasteiger partial charge in [-0.2, -0.15) is 0 Å². The highest BCUT2D eigenvalue weighted by molar-refractivity contribution is 5.28. The van der Waals surface area contributed by atoms with Crippen LogP contribution in [0.4, 0.5) is 5.95 Å². The third kappa shape index (κ3) is 3.85. The van der Waals surface area contributed by atoms with Gasteiger partial charge in [-0.05, 0) is 12.8 Å². The predicted octanol–water partition coefficient (Wildman–Crippen LogP) is 1.59. The molecule has 0 bridgehead atoms. The SMILES string of the molecule is OCCOc1cnc(NC2CCCCC2)nc1. The number of hydrogen-bond acceptors (Lipinski definition) is 5. The topological polar surface area (TPSA) is 67.3 Å². The summed E-state index contributed by atoms with van der Waals surface area (Å²) in [5.74, 6) is 1.25. The monoisotopic (exact) mass is 237 g/mol. The van der Waals surface area contributed by atoms with Gasteiger partial charge in [0.15, 0.2) is 5.75 Å². The molecule has 0 atom stereocenters. The smallest absolute Gasteiger partial charge is 0.223 e. The summed E-state index contributed by atoms with van der Waals surface area (Å²) in [6, 6.07) is 0.507. The molecule has 17 heavy (non-hydrogen) atoms. The second-order valence-electron chi connectivity index (χ2n) is 4.29. The molecule has 5 nitrogen and oxygen atoms in total. The van der Waals surface area contributed by atoms with Crippen molar-refractivity contribution in [3.05, 3.63) is 12.4 Å². The fourth-order valence-corrected chi connectivity index (χ4v) is 2.06. The minimum atomic E-state index is 0.00206. The first-order valence-corrected chi connectivity index (χ1v) is 6.21. The maximum Gasteiger partial charge on any atom is 0.223 e. The summed E-state index contributed by atoms with van der Waals surface area (Å²) in [6.45, 7) is 0.279. The summed E-state index contributed by atoms with van der Waals surface area (Å²) in [7, 11) is 0. The summed E-state index contributed by atoms with van der Waals surface area (Å²) < 4.78 is 5.20. The van der Waals surface area contributed by atoms with Gasteiger partial charge in [0, 0.05) is 6.04 Å². The van der Waals surface area contributed by atoms with E-state index in [1.165, 1.54) is 32.1 Å². The van der Waals surface area contributed by atoms with E-state index in [1.54, 1.807) is 12.4 Å². The average molecular weight is 237 g/mol. The summed E-state index contributed by atoms with van der Waals surface area (Å²) in [6.07, 6.45) is 9.58. The number of nitrogens with zero attached hydrogens (tertiary/aromatic N) is 2. The van der Waals surface area contributed by atoms with Crippen LogP contribution in [0.15, 0.2) is 12.4 Å². The molecule has 0 amide bonds. The van der Waals surface area contributed by atoms with Crippen molar-refractivity contribution in [2.24, 2.45) is 0 Å². The van der Waals surface area contributed by atoms with Gasteiger partial charge in [0.25, 0.3) is 0 Å². The van der Waals surface area contributed by atoms with Crippen LogP contribution in [0.2, 0.25) is 0 Å². The van der Waals surface area contributed by atoms with Crippen molar-refractivity contribution in [3.8, 4) is 5.75 Å². The Morgan fingerprint density at radius 1 is 1.24 bits per heavy atom.